The van der Waals surface area contributed by atoms with Gasteiger partial charge in [0.1, 0.15) is 11.0 Å². The van der Waals surface area contributed by atoms with Crippen LogP contribution in [0.15, 0.2) is 79.0 Å². The smallest absolute Gasteiger partial charge is 0.251 e. The van der Waals surface area contributed by atoms with E-state index in [-0.39, 0.29) is 5.91 Å². The minimum absolute atomic E-state index is 0.118. The number of methoxy groups -OCH3 is 2. The molecule has 3 rings (SSSR count). The maximum Gasteiger partial charge on any atom is 0.251 e. The highest BCUT2D eigenvalue weighted by Gasteiger charge is 2.11. The molecule has 1 heterocycles. The van der Waals surface area contributed by atoms with Crippen molar-refractivity contribution in [3.63, 3.8) is 0 Å². The topological polar surface area (TPSA) is 76.6 Å². The van der Waals surface area contributed by atoms with Crippen molar-refractivity contribution >= 4 is 35.1 Å². The van der Waals surface area contributed by atoms with Crippen LogP contribution in [0.25, 0.3) is 0 Å². The second-order valence-electron chi connectivity index (χ2n) is 7.99. The van der Waals surface area contributed by atoms with Gasteiger partial charge in [0.2, 0.25) is 0 Å². The third-order valence-corrected chi connectivity index (χ3v) is 6.53. The predicted molar refractivity (Wildman–Crippen MR) is 151 cm³/mol. The Balaban J connectivity index is 1.54. The first-order valence-electron chi connectivity index (χ1n) is 11.7. The lowest BCUT2D eigenvalue weighted by molar-refractivity contribution is 0.0954. The molecule has 9 heteroatoms. The number of hydrogen-bond donors (Lipinski definition) is 1. The molecule has 3 aromatic rings. The van der Waals surface area contributed by atoms with Gasteiger partial charge in [0.15, 0.2) is 16.7 Å². The number of thioether (sulfide) groups is 1. The van der Waals surface area contributed by atoms with Crippen molar-refractivity contribution in [3.05, 3.63) is 95.7 Å². The van der Waals surface area contributed by atoms with Gasteiger partial charge in [0.05, 0.1) is 14.2 Å². The first-order valence-corrected chi connectivity index (χ1v) is 13.1. The standard InChI is InChI=1S/C28H31ClN4O3S/c1-5-15-33(16-6-2)26-18-25(29)31-28(32-26)37-19-21-7-10-22(11-8-21)27(34)30-14-13-20-9-12-23(35-3)24(17-20)36-4/h5-12,17-18H,1-2,13-16,19H2,3-4H3,(H,30,34). The lowest BCUT2D eigenvalue weighted by Crippen LogP contribution is -2.25. The number of anilines is 1. The summed E-state index contributed by atoms with van der Waals surface area (Å²) in [5, 5.41) is 3.93. The van der Waals surface area contributed by atoms with Crippen molar-refractivity contribution in [3.8, 4) is 11.5 Å². The van der Waals surface area contributed by atoms with Crippen LogP contribution in [0.2, 0.25) is 5.15 Å². The number of carbonyl (C=O) groups is 1. The van der Waals surface area contributed by atoms with Gasteiger partial charge in [0.25, 0.3) is 5.91 Å². The first kappa shape index (κ1) is 28.1. The second kappa shape index (κ2) is 14.3. The van der Waals surface area contributed by atoms with Crippen LogP contribution in [-0.4, -0.2) is 49.7 Å². The van der Waals surface area contributed by atoms with E-state index in [0.29, 0.717) is 59.2 Å². The zero-order valence-electron chi connectivity index (χ0n) is 21.1. The van der Waals surface area contributed by atoms with Gasteiger partial charge in [0, 0.05) is 37.0 Å². The van der Waals surface area contributed by atoms with Crippen molar-refractivity contribution in [1.29, 1.82) is 0 Å². The number of hydrogen-bond acceptors (Lipinski definition) is 7. The Hall–Kier alpha value is -3.49. The van der Waals surface area contributed by atoms with Crippen LogP contribution >= 0.6 is 23.4 Å². The first-order chi connectivity index (χ1) is 18.0. The average molecular weight is 539 g/mol. The number of ether oxygens (including phenoxy) is 2. The summed E-state index contributed by atoms with van der Waals surface area (Å²) < 4.78 is 10.6. The maximum atomic E-state index is 12.6. The van der Waals surface area contributed by atoms with E-state index in [4.69, 9.17) is 21.1 Å². The molecule has 0 saturated heterocycles. The zero-order chi connectivity index (χ0) is 26.6. The number of nitrogens with zero attached hydrogens (tertiary/aromatic N) is 3. The number of rotatable bonds is 14. The molecular formula is C28H31ClN4O3S. The number of carbonyl (C=O) groups excluding carboxylic acids is 1. The summed E-state index contributed by atoms with van der Waals surface area (Å²) in [4.78, 5) is 23.6. The molecule has 0 spiro atoms. The Labute approximate surface area is 227 Å². The van der Waals surface area contributed by atoms with Gasteiger partial charge in [-0.15, -0.1) is 13.2 Å². The Bertz CT molecular complexity index is 1210. The molecule has 0 radical (unpaired) electrons. The van der Waals surface area contributed by atoms with Crippen molar-refractivity contribution in [2.24, 2.45) is 0 Å². The Morgan fingerprint density at radius 1 is 1.00 bits per heavy atom. The molecule has 0 atom stereocenters. The fourth-order valence-electron chi connectivity index (χ4n) is 3.54. The van der Waals surface area contributed by atoms with Crippen LogP contribution in [0.4, 0.5) is 5.82 Å². The van der Waals surface area contributed by atoms with Gasteiger partial charge in [-0.1, -0.05) is 53.7 Å². The quantitative estimate of drug-likeness (QED) is 0.124. The highest BCUT2D eigenvalue weighted by Crippen LogP contribution is 2.28. The summed E-state index contributed by atoms with van der Waals surface area (Å²) in [5.41, 5.74) is 2.70. The number of benzene rings is 2. The molecule has 1 N–H and O–H groups in total. The summed E-state index contributed by atoms with van der Waals surface area (Å²) >= 11 is 7.72. The number of amides is 1. The molecule has 0 aliphatic rings. The lowest BCUT2D eigenvalue weighted by Gasteiger charge is -2.20. The molecule has 37 heavy (non-hydrogen) atoms. The zero-order valence-corrected chi connectivity index (χ0v) is 22.6. The summed E-state index contributed by atoms with van der Waals surface area (Å²) in [6.07, 6.45) is 4.29. The summed E-state index contributed by atoms with van der Waals surface area (Å²) in [6.45, 7) is 9.35. The molecule has 1 amide bonds. The second-order valence-corrected chi connectivity index (χ2v) is 9.32. The molecule has 0 fully saturated rings. The van der Waals surface area contributed by atoms with Crippen LogP contribution in [0.1, 0.15) is 21.5 Å². The molecular weight excluding hydrogens is 508 g/mol. The Morgan fingerprint density at radius 3 is 2.32 bits per heavy atom. The van der Waals surface area contributed by atoms with Crippen molar-refractivity contribution in [1.82, 2.24) is 15.3 Å². The van der Waals surface area contributed by atoms with E-state index >= 15 is 0 Å². The molecule has 1 aromatic heterocycles. The van der Waals surface area contributed by atoms with Crippen molar-refractivity contribution < 1.29 is 14.3 Å². The van der Waals surface area contributed by atoms with Crippen LogP contribution in [0, 0.1) is 0 Å². The molecule has 0 saturated carbocycles. The third kappa shape index (κ3) is 8.27. The van der Waals surface area contributed by atoms with Gasteiger partial charge in [-0.05, 0) is 41.8 Å². The number of halogens is 1. The largest absolute Gasteiger partial charge is 0.493 e. The summed E-state index contributed by atoms with van der Waals surface area (Å²) in [7, 11) is 3.21. The maximum absolute atomic E-state index is 12.6. The fourth-order valence-corrected chi connectivity index (χ4v) is 4.58. The highest BCUT2D eigenvalue weighted by atomic mass is 35.5. The molecule has 0 bridgehead atoms. The van der Waals surface area contributed by atoms with Gasteiger partial charge in [-0.2, -0.15) is 0 Å². The molecule has 194 valence electrons. The van der Waals surface area contributed by atoms with E-state index < -0.39 is 0 Å². The van der Waals surface area contributed by atoms with E-state index in [1.165, 1.54) is 11.8 Å². The number of nitrogens with one attached hydrogen (secondary N) is 1. The highest BCUT2D eigenvalue weighted by molar-refractivity contribution is 7.98. The van der Waals surface area contributed by atoms with E-state index in [1.54, 1.807) is 32.4 Å². The molecule has 0 aliphatic carbocycles. The normalized spacial score (nSPS) is 10.5. The van der Waals surface area contributed by atoms with E-state index in [1.807, 2.05) is 47.4 Å². The average Bonchev–Trinajstić information content (AvgIpc) is 2.91. The molecule has 2 aromatic carbocycles. The van der Waals surface area contributed by atoms with Crippen molar-refractivity contribution in [2.45, 2.75) is 17.3 Å². The van der Waals surface area contributed by atoms with Gasteiger partial charge in [-0.25, -0.2) is 9.97 Å². The predicted octanol–water partition coefficient (Wildman–Crippen LogP) is 5.59. The molecule has 0 aliphatic heterocycles. The van der Waals surface area contributed by atoms with E-state index in [2.05, 4.69) is 28.4 Å². The van der Waals surface area contributed by atoms with Gasteiger partial charge in [-0.3, -0.25) is 4.79 Å². The lowest BCUT2D eigenvalue weighted by atomic mass is 10.1. The van der Waals surface area contributed by atoms with Crippen LogP contribution in [0.5, 0.6) is 11.5 Å². The summed E-state index contributed by atoms with van der Waals surface area (Å²) in [5.74, 6) is 2.60. The van der Waals surface area contributed by atoms with Crippen LogP contribution < -0.4 is 19.7 Å². The van der Waals surface area contributed by atoms with Crippen LogP contribution in [0.3, 0.4) is 0 Å². The summed E-state index contributed by atoms with van der Waals surface area (Å²) in [6, 6.07) is 15.0. The van der Waals surface area contributed by atoms with E-state index in [9.17, 15) is 4.79 Å². The molecule has 0 unspecified atom stereocenters. The number of aromatic nitrogens is 2. The monoisotopic (exact) mass is 538 g/mol. The Morgan fingerprint density at radius 2 is 1.68 bits per heavy atom. The minimum atomic E-state index is -0.118. The van der Waals surface area contributed by atoms with E-state index in [0.717, 1.165) is 16.9 Å². The molecule has 7 nitrogen and oxygen atoms in total. The Kier molecular flexibility index (Phi) is 10.9. The van der Waals surface area contributed by atoms with Crippen molar-refractivity contribution in [2.75, 3.05) is 38.8 Å². The fraction of sp³-hybridized carbons (Fsp3) is 0.250. The van der Waals surface area contributed by atoms with Crippen LogP contribution in [-0.2, 0) is 12.2 Å². The third-order valence-electron chi connectivity index (χ3n) is 5.42. The van der Waals surface area contributed by atoms with Gasteiger partial charge >= 0.3 is 0 Å². The SMILES string of the molecule is C=CCN(CC=C)c1cc(Cl)nc(SCc2ccc(C(=O)NCCc3ccc(OC)c(OC)c3)cc2)n1. The van der Waals surface area contributed by atoms with Gasteiger partial charge < -0.3 is 19.7 Å². The minimum Gasteiger partial charge on any atom is -0.493 e.